The van der Waals surface area contributed by atoms with Gasteiger partial charge in [-0.15, -0.1) is 10.2 Å². The first kappa shape index (κ1) is 19.1. The first-order chi connectivity index (χ1) is 14.0. The highest BCUT2D eigenvalue weighted by molar-refractivity contribution is 8.00. The first-order valence-electron chi connectivity index (χ1n) is 9.11. The van der Waals surface area contributed by atoms with E-state index < -0.39 is 10.2 Å². The molecule has 1 N–H and O–H groups in total. The molecule has 1 saturated carbocycles. The number of rotatable bonds is 7. The van der Waals surface area contributed by atoms with Crippen LogP contribution in [0, 0.1) is 10.1 Å². The number of hydrogen-bond donors (Lipinski definition) is 1. The quantitative estimate of drug-likeness (QED) is 0.359. The fraction of sp³-hybridized carbons (Fsp3) is 0.263. The fourth-order valence-electron chi connectivity index (χ4n) is 2.90. The number of benzene rings is 1. The third kappa shape index (κ3) is 4.11. The molecule has 29 heavy (non-hydrogen) atoms. The number of hydrogen-bond acceptors (Lipinski definition) is 7. The summed E-state index contributed by atoms with van der Waals surface area (Å²) in [4.78, 5) is 27.3. The second-order valence-corrected chi connectivity index (χ2v) is 7.97. The maximum atomic E-state index is 12.6. The summed E-state index contributed by atoms with van der Waals surface area (Å²) in [6.07, 6.45) is 5.49. The molecular weight excluding hydrogens is 392 g/mol. The number of nitrogens with zero attached hydrogens (tertiary/aromatic N) is 5. The fourth-order valence-corrected chi connectivity index (χ4v) is 3.82. The third-order valence-electron chi connectivity index (χ3n) is 4.53. The summed E-state index contributed by atoms with van der Waals surface area (Å²) in [6, 6.07) is 10.2. The zero-order chi connectivity index (χ0) is 20.4. The van der Waals surface area contributed by atoms with Crippen LogP contribution in [0.4, 0.5) is 11.4 Å². The number of nitrogens with one attached hydrogen (secondary N) is 1. The molecule has 10 heteroatoms. The normalized spacial score (nSPS) is 14.4. The van der Waals surface area contributed by atoms with Crippen LogP contribution in [0.3, 0.4) is 0 Å². The van der Waals surface area contributed by atoms with Gasteiger partial charge in [-0.25, -0.2) is 0 Å². The molecule has 2 heterocycles. The number of carbonyl (C=O) groups is 1. The van der Waals surface area contributed by atoms with Crippen LogP contribution in [0.1, 0.15) is 25.8 Å². The van der Waals surface area contributed by atoms with E-state index in [0.717, 1.165) is 24.2 Å². The molecule has 4 rings (SSSR count). The van der Waals surface area contributed by atoms with Crippen molar-refractivity contribution in [2.24, 2.45) is 0 Å². The van der Waals surface area contributed by atoms with E-state index in [1.165, 1.54) is 23.9 Å². The first-order valence-corrected chi connectivity index (χ1v) is 9.99. The number of nitro groups is 1. The van der Waals surface area contributed by atoms with Crippen molar-refractivity contribution >= 4 is 29.0 Å². The SMILES string of the molecule is C[C@@H](Sc1nnc(-c2ccncc2)n1C1CC1)C(=O)Nc1ccccc1[N+](=O)[O-]. The van der Waals surface area contributed by atoms with Crippen molar-refractivity contribution in [2.45, 2.75) is 36.2 Å². The molecule has 1 aliphatic carbocycles. The van der Waals surface area contributed by atoms with E-state index in [1.807, 2.05) is 12.1 Å². The molecule has 1 atom stereocenters. The summed E-state index contributed by atoms with van der Waals surface area (Å²) in [7, 11) is 0. The number of thioether (sulfide) groups is 1. The molecule has 0 saturated heterocycles. The minimum absolute atomic E-state index is 0.140. The lowest BCUT2D eigenvalue weighted by atomic mass is 10.2. The largest absolute Gasteiger partial charge is 0.319 e. The summed E-state index contributed by atoms with van der Waals surface area (Å²) >= 11 is 1.29. The Bertz CT molecular complexity index is 1050. The molecule has 3 aromatic rings. The number of nitro benzene ring substituents is 1. The molecular formula is C19H18N6O3S. The number of amides is 1. The van der Waals surface area contributed by atoms with E-state index in [-0.39, 0.29) is 17.3 Å². The Morgan fingerprint density at radius 2 is 1.97 bits per heavy atom. The Balaban J connectivity index is 1.53. The van der Waals surface area contributed by atoms with Gasteiger partial charge in [-0.1, -0.05) is 23.9 Å². The summed E-state index contributed by atoms with van der Waals surface area (Å²) in [5, 5.41) is 22.6. The molecule has 1 amide bonds. The second kappa shape index (κ2) is 8.00. The zero-order valence-corrected chi connectivity index (χ0v) is 16.4. The van der Waals surface area contributed by atoms with Gasteiger partial charge in [0.2, 0.25) is 5.91 Å². The van der Waals surface area contributed by atoms with Crippen molar-refractivity contribution < 1.29 is 9.72 Å². The Hall–Kier alpha value is -3.27. The third-order valence-corrected chi connectivity index (χ3v) is 5.58. The molecule has 0 radical (unpaired) electrons. The van der Waals surface area contributed by atoms with E-state index >= 15 is 0 Å². The topological polar surface area (TPSA) is 116 Å². The number of aromatic nitrogens is 4. The van der Waals surface area contributed by atoms with Gasteiger partial charge in [0.1, 0.15) is 5.69 Å². The van der Waals surface area contributed by atoms with Crippen molar-refractivity contribution in [3.63, 3.8) is 0 Å². The van der Waals surface area contributed by atoms with E-state index in [4.69, 9.17) is 0 Å². The highest BCUT2D eigenvalue weighted by Gasteiger charge is 2.31. The van der Waals surface area contributed by atoms with Gasteiger partial charge in [0.25, 0.3) is 5.69 Å². The van der Waals surface area contributed by atoms with Crippen LogP contribution in [0.15, 0.2) is 53.9 Å². The lowest BCUT2D eigenvalue weighted by Crippen LogP contribution is -2.23. The van der Waals surface area contributed by atoms with E-state index in [0.29, 0.717) is 11.2 Å². The molecule has 148 valence electrons. The van der Waals surface area contributed by atoms with Crippen LogP contribution in [0.5, 0.6) is 0 Å². The Kier molecular flexibility index (Phi) is 5.26. The molecule has 2 aromatic heterocycles. The van der Waals surface area contributed by atoms with Crippen LogP contribution in [0.25, 0.3) is 11.4 Å². The van der Waals surface area contributed by atoms with Gasteiger partial charge >= 0.3 is 0 Å². The Labute approximate surface area is 170 Å². The average Bonchev–Trinajstić information content (AvgIpc) is 3.48. The van der Waals surface area contributed by atoms with Crippen LogP contribution in [0.2, 0.25) is 0 Å². The number of para-hydroxylation sites is 2. The van der Waals surface area contributed by atoms with Crippen molar-refractivity contribution in [3.05, 3.63) is 58.9 Å². The summed E-state index contributed by atoms with van der Waals surface area (Å²) in [5.74, 6) is 0.420. The monoisotopic (exact) mass is 410 g/mol. The smallest absolute Gasteiger partial charge is 0.292 e. The van der Waals surface area contributed by atoms with Crippen molar-refractivity contribution in [2.75, 3.05) is 5.32 Å². The minimum Gasteiger partial charge on any atom is -0.319 e. The predicted octanol–water partition coefficient (Wildman–Crippen LogP) is 3.70. The van der Waals surface area contributed by atoms with Gasteiger partial charge < -0.3 is 5.32 Å². The number of pyridine rings is 1. The minimum atomic E-state index is -0.516. The molecule has 0 unspecified atom stereocenters. The van der Waals surface area contributed by atoms with Gasteiger partial charge in [0, 0.05) is 30.1 Å². The second-order valence-electron chi connectivity index (χ2n) is 6.67. The van der Waals surface area contributed by atoms with Gasteiger partial charge in [-0.2, -0.15) is 0 Å². The van der Waals surface area contributed by atoms with Crippen LogP contribution in [-0.2, 0) is 4.79 Å². The molecule has 0 aliphatic heterocycles. The standard InChI is InChI=1S/C19H18N6O3S/c1-12(18(26)21-15-4-2-3-5-16(15)25(27)28)29-19-23-22-17(24(19)14-6-7-14)13-8-10-20-11-9-13/h2-5,8-12,14H,6-7H2,1H3,(H,21,26)/t12-/m1/s1. The van der Waals surface area contributed by atoms with Crippen LogP contribution < -0.4 is 5.32 Å². The zero-order valence-electron chi connectivity index (χ0n) is 15.6. The molecule has 0 bridgehead atoms. The highest BCUT2D eigenvalue weighted by Crippen LogP contribution is 2.41. The highest BCUT2D eigenvalue weighted by atomic mass is 32.2. The Morgan fingerprint density at radius 1 is 1.24 bits per heavy atom. The van der Waals surface area contributed by atoms with Crippen molar-refractivity contribution in [1.29, 1.82) is 0 Å². The van der Waals surface area contributed by atoms with Crippen molar-refractivity contribution in [1.82, 2.24) is 19.7 Å². The number of anilines is 1. The molecule has 1 fully saturated rings. The lowest BCUT2D eigenvalue weighted by Gasteiger charge is -2.13. The molecule has 1 aliphatic rings. The molecule has 1 aromatic carbocycles. The van der Waals surface area contributed by atoms with Crippen LogP contribution in [-0.4, -0.2) is 35.8 Å². The predicted molar refractivity (Wildman–Crippen MR) is 109 cm³/mol. The summed E-state index contributed by atoms with van der Waals surface area (Å²) in [5.41, 5.74) is 0.957. The van der Waals surface area contributed by atoms with E-state index in [2.05, 4.69) is 25.1 Å². The maximum absolute atomic E-state index is 12.6. The Morgan fingerprint density at radius 3 is 2.66 bits per heavy atom. The van der Waals surface area contributed by atoms with Crippen LogP contribution >= 0.6 is 11.8 Å². The van der Waals surface area contributed by atoms with E-state index in [1.54, 1.807) is 31.5 Å². The molecule has 9 nitrogen and oxygen atoms in total. The molecule has 0 spiro atoms. The van der Waals surface area contributed by atoms with Gasteiger partial charge in [0.05, 0.1) is 10.2 Å². The average molecular weight is 410 g/mol. The van der Waals surface area contributed by atoms with Gasteiger partial charge in [0.15, 0.2) is 11.0 Å². The summed E-state index contributed by atoms with van der Waals surface area (Å²) < 4.78 is 2.06. The van der Waals surface area contributed by atoms with E-state index in [9.17, 15) is 14.9 Å². The van der Waals surface area contributed by atoms with Crippen molar-refractivity contribution in [3.8, 4) is 11.4 Å². The van der Waals surface area contributed by atoms with Gasteiger partial charge in [-0.05, 0) is 38.0 Å². The lowest BCUT2D eigenvalue weighted by molar-refractivity contribution is -0.383. The maximum Gasteiger partial charge on any atom is 0.292 e. The van der Waals surface area contributed by atoms with Gasteiger partial charge in [-0.3, -0.25) is 24.5 Å². The number of carbonyl (C=O) groups excluding carboxylic acids is 1. The summed E-state index contributed by atoms with van der Waals surface area (Å²) in [6.45, 7) is 1.74.